The van der Waals surface area contributed by atoms with E-state index >= 15 is 0 Å². The number of ether oxygens (including phenoxy) is 1. The molecule has 19 heavy (non-hydrogen) atoms. The third kappa shape index (κ3) is 2.96. The van der Waals surface area contributed by atoms with Crippen LogP contribution in [0.2, 0.25) is 0 Å². The first-order chi connectivity index (χ1) is 8.94. The number of carboxylic acid groups (broad SMARTS) is 1. The fourth-order valence-electron chi connectivity index (χ4n) is 2.80. The van der Waals surface area contributed by atoms with Gasteiger partial charge in [0.2, 0.25) is 0 Å². The van der Waals surface area contributed by atoms with Gasteiger partial charge in [-0.15, -0.1) is 0 Å². The molecule has 0 bridgehead atoms. The van der Waals surface area contributed by atoms with E-state index in [4.69, 9.17) is 4.74 Å². The maximum Gasteiger partial charge on any atom is 0.336 e. The van der Waals surface area contributed by atoms with Crippen molar-refractivity contribution in [2.24, 2.45) is 0 Å². The third-order valence-corrected chi connectivity index (χ3v) is 3.65. The van der Waals surface area contributed by atoms with Crippen molar-refractivity contribution in [3.05, 3.63) is 34.9 Å². The number of benzene rings is 1. The van der Waals surface area contributed by atoms with Gasteiger partial charge in [-0.25, -0.2) is 4.79 Å². The molecule has 1 aromatic rings. The van der Waals surface area contributed by atoms with E-state index in [1.807, 2.05) is 19.2 Å². The van der Waals surface area contributed by atoms with E-state index < -0.39 is 5.97 Å². The van der Waals surface area contributed by atoms with Crippen molar-refractivity contribution in [3.63, 3.8) is 0 Å². The van der Waals surface area contributed by atoms with Crippen LogP contribution in [0.1, 0.15) is 47.7 Å². The smallest absolute Gasteiger partial charge is 0.336 e. The van der Waals surface area contributed by atoms with E-state index in [0.717, 1.165) is 17.5 Å². The topological polar surface area (TPSA) is 58.6 Å². The summed E-state index contributed by atoms with van der Waals surface area (Å²) in [7, 11) is 1.83. The lowest BCUT2D eigenvalue weighted by atomic mass is 9.87. The maximum atomic E-state index is 11.3. The van der Waals surface area contributed by atoms with Crippen LogP contribution in [0.5, 0.6) is 0 Å². The molecule has 1 fully saturated rings. The lowest BCUT2D eigenvalue weighted by molar-refractivity contribution is 0.0360. The van der Waals surface area contributed by atoms with Gasteiger partial charge in [0.05, 0.1) is 17.8 Å². The van der Waals surface area contributed by atoms with Crippen LogP contribution in [0, 0.1) is 0 Å². The van der Waals surface area contributed by atoms with E-state index in [-0.39, 0.29) is 11.5 Å². The normalized spacial score (nSPS) is 21.5. The van der Waals surface area contributed by atoms with Crippen molar-refractivity contribution in [1.82, 2.24) is 5.32 Å². The molecule has 1 heterocycles. The summed E-state index contributed by atoms with van der Waals surface area (Å²) >= 11 is 0. The number of carbonyl (C=O) groups is 1. The molecule has 4 nitrogen and oxygen atoms in total. The number of nitrogens with one attached hydrogen (secondary N) is 1. The molecule has 104 valence electrons. The molecule has 1 atom stereocenters. The summed E-state index contributed by atoms with van der Waals surface area (Å²) in [6, 6.07) is 5.51. The predicted octanol–water partition coefficient (Wildman–Crippen LogP) is 2.39. The summed E-state index contributed by atoms with van der Waals surface area (Å²) in [5, 5.41) is 12.4. The first-order valence-electron chi connectivity index (χ1n) is 6.58. The minimum Gasteiger partial charge on any atom is -0.478 e. The molecule has 1 aromatic carbocycles. The summed E-state index contributed by atoms with van der Waals surface area (Å²) in [4.78, 5) is 11.3. The minimum atomic E-state index is -0.870. The highest BCUT2D eigenvalue weighted by Gasteiger charge is 2.34. The van der Waals surface area contributed by atoms with E-state index in [1.165, 1.54) is 0 Å². The second-order valence-electron chi connectivity index (χ2n) is 5.68. The van der Waals surface area contributed by atoms with Crippen LogP contribution in [0.25, 0.3) is 0 Å². The molecule has 2 rings (SSSR count). The van der Waals surface area contributed by atoms with E-state index in [1.54, 1.807) is 6.07 Å². The zero-order valence-electron chi connectivity index (χ0n) is 11.7. The Labute approximate surface area is 113 Å². The first kappa shape index (κ1) is 14.0. The lowest BCUT2D eigenvalue weighted by Gasteiger charge is -2.18. The van der Waals surface area contributed by atoms with Crippen LogP contribution < -0.4 is 5.32 Å². The highest BCUT2D eigenvalue weighted by Crippen LogP contribution is 2.38. The molecule has 0 saturated carbocycles. The monoisotopic (exact) mass is 263 g/mol. The maximum absolute atomic E-state index is 11.3. The fraction of sp³-hybridized carbons (Fsp3) is 0.533. The molecule has 0 amide bonds. The van der Waals surface area contributed by atoms with Crippen molar-refractivity contribution in [3.8, 4) is 0 Å². The predicted molar refractivity (Wildman–Crippen MR) is 73.6 cm³/mol. The average Bonchev–Trinajstić information content (AvgIpc) is 2.70. The minimum absolute atomic E-state index is 0.124. The van der Waals surface area contributed by atoms with Gasteiger partial charge in [0.1, 0.15) is 0 Å². The van der Waals surface area contributed by atoms with E-state index in [2.05, 4.69) is 19.2 Å². The molecular weight excluding hydrogens is 242 g/mol. The first-order valence-corrected chi connectivity index (χ1v) is 6.58. The Kier molecular flexibility index (Phi) is 3.92. The standard InChI is InChI=1S/C15H21NO3/c1-15(2)7-10(9-19-15)11-5-4-6-12(14(17)18)13(11)8-16-3/h4-6,10,16H,7-9H2,1-3H3,(H,17,18). The summed E-state index contributed by atoms with van der Waals surface area (Å²) in [5.41, 5.74) is 2.24. The highest BCUT2D eigenvalue weighted by molar-refractivity contribution is 5.89. The molecule has 4 heteroatoms. The van der Waals surface area contributed by atoms with Gasteiger partial charge in [-0.1, -0.05) is 12.1 Å². The van der Waals surface area contributed by atoms with Gasteiger partial charge in [0, 0.05) is 12.5 Å². The molecule has 0 aliphatic carbocycles. The highest BCUT2D eigenvalue weighted by atomic mass is 16.5. The SMILES string of the molecule is CNCc1c(C(=O)O)cccc1C1COC(C)(C)C1. The van der Waals surface area contributed by atoms with Crippen molar-refractivity contribution in [1.29, 1.82) is 0 Å². The quantitative estimate of drug-likeness (QED) is 0.875. The third-order valence-electron chi connectivity index (χ3n) is 3.65. The Hall–Kier alpha value is -1.39. The number of aromatic carboxylic acids is 1. The number of hydrogen-bond acceptors (Lipinski definition) is 3. The summed E-state index contributed by atoms with van der Waals surface area (Å²) in [6.07, 6.45) is 0.923. The molecule has 1 aliphatic rings. The van der Waals surface area contributed by atoms with Gasteiger partial charge in [-0.05, 0) is 44.5 Å². The van der Waals surface area contributed by atoms with E-state index in [0.29, 0.717) is 18.7 Å². The van der Waals surface area contributed by atoms with Crippen LogP contribution in [0.4, 0.5) is 0 Å². The van der Waals surface area contributed by atoms with Gasteiger partial charge in [-0.2, -0.15) is 0 Å². The van der Waals surface area contributed by atoms with Crippen LogP contribution in [-0.2, 0) is 11.3 Å². The largest absolute Gasteiger partial charge is 0.478 e. The Morgan fingerprint density at radius 2 is 2.26 bits per heavy atom. The molecule has 0 aromatic heterocycles. The van der Waals surface area contributed by atoms with E-state index in [9.17, 15) is 9.90 Å². The Morgan fingerprint density at radius 3 is 2.79 bits per heavy atom. The molecular formula is C15H21NO3. The van der Waals surface area contributed by atoms with Gasteiger partial charge < -0.3 is 15.2 Å². The Balaban J connectivity index is 2.39. The second-order valence-corrected chi connectivity index (χ2v) is 5.68. The van der Waals surface area contributed by atoms with Crippen molar-refractivity contribution >= 4 is 5.97 Å². The van der Waals surface area contributed by atoms with Crippen LogP contribution in [0.15, 0.2) is 18.2 Å². The number of hydrogen-bond donors (Lipinski definition) is 2. The zero-order chi connectivity index (χ0) is 14.0. The van der Waals surface area contributed by atoms with Crippen molar-refractivity contribution in [2.75, 3.05) is 13.7 Å². The summed E-state index contributed by atoms with van der Waals surface area (Å²) < 4.78 is 5.77. The van der Waals surface area contributed by atoms with Gasteiger partial charge in [-0.3, -0.25) is 0 Å². The van der Waals surface area contributed by atoms with Crippen LogP contribution in [-0.4, -0.2) is 30.3 Å². The Morgan fingerprint density at radius 1 is 1.53 bits per heavy atom. The summed E-state index contributed by atoms with van der Waals surface area (Å²) in [6.45, 7) is 5.37. The zero-order valence-corrected chi connectivity index (χ0v) is 11.7. The van der Waals surface area contributed by atoms with Crippen molar-refractivity contribution in [2.45, 2.75) is 38.3 Å². The Bertz CT molecular complexity index is 482. The molecule has 1 aliphatic heterocycles. The second kappa shape index (κ2) is 5.31. The fourth-order valence-corrected chi connectivity index (χ4v) is 2.80. The lowest BCUT2D eigenvalue weighted by Crippen LogP contribution is -2.17. The molecule has 1 unspecified atom stereocenters. The summed E-state index contributed by atoms with van der Waals surface area (Å²) in [5.74, 6) is -0.595. The van der Waals surface area contributed by atoms with Gasteiger partial charge >= 0.3 is 5.97 Å². The average molecular weight is 263 g/mol. The van der Waals surface area contributed by atoms with Crippen molar-refractivity contribution < 1.29 is 14.6 Å². The molecule has 1 saturated heterocycles. The van der Waals surface area contributed by atoms with Crippen LogP contribution >= 0.6 is 0 Å². The number of carboxylic acids is 1. The number of rotatable bonds is 4. The molecule has 0 radical (unpaired) electrons. The molecule has 2 N–H and O–H groups in total. The molecule has 0 spiro atoms. The van der Waals surface area contributed by atoms with Crippen LogP contribution in [0.3, 0.4) is 0 Å². The van der Waals surface area contributed by atoms with Gasteiger partial charge in [0.25, 0.3) is 0 Å². The van der Waals surface area contributed by atoms with Gasteiger partial charge in [0.15, 0.2) is 0 Å².